The summed E-state index contributed by atoms with van der Waals surface area (Å²) in [5.74, 6) is 3.44. The van der Waals surface area contributed by atoms with E-state index in [0.29, 0.717) is 6.04 Å². The highest BCUT2D eigenvalue weighted by atomic mass is 32.2. The molecule has 2 aromatic heterocycles. The molecule has 1 aliphatic carbocycles. The molecule has 0 N–H and O–H groups in total. The van der Waals surface area contributed by atoms with Gasteiger partial charge in [-0.25, -0.2) is 0 Å². The molecule has 2 heterocycles. The Hall–Kier alpha value is -1.30. The fourth-order valence-corrected chi connectivity index (χ4v) is 4.06. The van der Waals surface area contributed by atoms with Crippen molar-refractivity contribution < 1.29 is 4.52 Å². The van der Waals surface area contributed by atoms with Crippen molar-refractivity contribution in [3.63, 3.8) is 0 Å². The Morgan fingerprint density at radius 1 is 1.33 bits per heavy atom. The minimum Gasteiger partial charge on any atom is -0.361 e. The van der Waals surface area contributed by atoms with Gasteiger partial charge < -0.3 is 9.09 Å². The maximum absolute atomic E-state index is 5.11. The van der Waals surface area contributed by atoms with E-state index in [9.17, 15) is 0 Å². The molecule has 6 heteroatoms. The van der Waals surface area contributed by atoms with Gasteiger partial charge in [-0.3, -0.25) is 0 Å². The van der Waals surface area contributed by atoms with Crippen molar-refractivity contribution in [3.8, 4) is 0 Å². The fourth-order valence-electron chi connectivity index (χ4n) is 3.13. The summed E-state index contributed by atoms with van der Waals surface area (Å²) in [7, 11) is 0. The Balaban J connectivity index is 1.73. The smallest absolute Gasteiger partial charge is 0.191 e. The molecule has 1 saturated carbocycles. The van der Waals surface area contributed by atoms with Crippen LogP contribution in [-0.4, -0.2) is 19.9 Å². The third kappa shape index (κ3) is 3.31. The average molecular weight is 306 g/mol. The van der Waals surface area contributed by atoms with Crippen molar-refractivity contribution in [1.29, 1.82) is 0 Å². The largest absolute Gasteiger partial charge is 0.361 e. The van der Waals surface area contributed by atoms with E-state index < -0.39 is 0 Å². The van der Waals surface area contributed by atoms with Gasteiger partial charge in [0, 0.05) is 17.9 Å². The second-order valence-electron chi connectivity index (χ2n) is 6.04. The Kier molecular flexibility index (Phi) is 4.33. The van der Waals surface area contributed by atoms with Crippen molar-refractivity contribution >= 4 is 11.8 Å². The summed E-state index contributed by atoms with van der Waals surface area (Å²) in [6.07, 6.45) is 5.11. The maximum Gasteiger partial charge on any atom is 0.191 e. The predicted octanol–water partition coefficient (Wildman–Crippen LogP) is 3.93. The molecule has 1 fully saturated rings. The van der Waals surface area contributed by atoms with Gasteiger partial charge in [0.15, 0.2) is 5.16 Å². The van der Waals surface area contributed by atoms with Crippen molar-refractivity contribution in [1.82, 2.24) is 19.9 Å². The van der Waals surface area contributed by atoms with Gasteiger partial charge in [0.1, 0.15) is 11.6 Å². The number of aromatic nitrogens is 4. The summed E-state index contributed by atoms with van der Waals surface area (Å²) >= 11 is 1.70. The van der Waals surface area contributed by atoms with E-state index in [1.807, 2.05) is 13.0 Å². The van der Waals surface area contributed by atoms with Crippen LogP contribution in [0, 0.1) is 19.8 Å². The molecule has 3 rings (SSSR count). The third-order valence-corrected chi connectivity index (χ3v) is 5.11. The topological polar surface area (TPSA) is 56.7 Å². The Morgan fingerprint density at radius 3 is 2.90 bits per heavy atom. The second kappa shape index (κ2) is 6.22. The fraction of sp³-hybridized carbons (Fsp3) is 0.667. The van der Waals surface area contributed by atoms with Gasteiger partial charge in [-0.05, 0) is 32.6 Å². The van der Waals surface area contributed by atoms with E-state index in [1.165, 1.54) is 25.7 Å². The highest BCUT2D eigenvalue weighted by molar-refractivity contribution is 7.98. The van der Waals surface area contributed by atoms with Gasteiger partial charge in [0.2, 0.25) is 0 Å². The van der Waals surface area contributed by atoms with Gasteiger partial charge >= 0.3 is 0 Å². The van der Waals surface area contributed by atoms with Crippen molar-refractivity contribution in [2.45, 2.75) is 63.4 Å². The molecule has 114 valence electrons. The van der Waals surface area contributed by atoms with Crippen molar-refractivity contribution in [2.24, 2.45) is 5.92 Å². The molecule has 0 saturated heterocycles. The molecular formula is C15H22N4OS. The molecule has 0 unspecified atom stereocenters. The highest BCUT2D eigenvalue weighted by Gasteiger charge is 2.24. The van der Waals surface area contributed by atoms with Crippen LogP contribution < -0.4 is 0 Å². The number of thioether (sulfide) groups is 1. The first-order chi connectivity index (χ1) is 10.1. The highest BCUT2D eigenvalue weighted by Crippen LogP contribution is 2.35. The van der Waals surface area contributed by atoms with Gasteiger partial charge in [-0.2, -0.15) is 0 Å². The van der Waals surface area contributed by atoms with Crippen LogP contribution in [0.2, 0.25) is 0 Å². The average Bonchev–Trinajstić information content (AvgIpc) is 3.02. The van der Waals surface area contributed by atoms with Crippen LogP contribution in [-0.2, 0) is 5.75 Å². The minimum atomic E-state index is 0.547. The summed E-state index contributed by atoms with van der Waals surface area (Å²) in [6, 6.07) is 2.52. The molecule has 0 bridgehead atoms. The van der Waals surface area contributed by atoms with Crippen LogP contribution in [0.1, 0.15) is 55.9 Å². The zero-order valence-electron chi connectivity index (χ0n) is 12.9. The molecule has 1 aliphatic rings. The van der Waals surface area contributed by atoms with Crippen LogP contribution in [0.4, 0.5) is 0 Å². The quantitative estimate of drug-likeness (QED) is 0.801. The van der Waals surface area contributed by atoms with Gasteiger partial charge in [-0.1, -0.05) is 36.7 Å². The number of rotatable bonds is 4. The van der Waals surface area contributed by atoms with Crippen LogP contribution in [0.25, 0.3) is 0 Å². The third-order valence-electron chi connectivity index (χ3n) is 4.13. The lowest BCUT2D eigenvalue weighted by Gasteiger charge is -2.29. The molecule has 0 aromatic carbocycles. The predicted molar refractivity (Wildman–Crippen MR) is 82.2 cm³/mol. The monoisotopic (exact) mass is 306 g/mol. The van der Waals surface area contributed by atoms with Crippen LogP contribution in [0.3, 0.4) is 0 Å². The van der Waals surface area contributed by atoms with Gasteiger partial charge in [-0.15, -0.1) is 10.2 Å². The Bertz CT molecular complexity index is 607. The summed E-state index contributed by atoms with van der Waals surface area (Å²) in [4.78, 5) is 0. The first-order valence-corrected chi connectivity index (χ1v) is 8.58. The molecule has 0 spiro atoms. The molecule has 2 atom stereocenters. The van der Waals surface area contributed by atoms with E-state index in [0.717, 1.165) is 34.1 Å². The second-order valence-corrected chi connectivity index (χ2v) is 6.99. The number of hydrogen-bond donors (Lipinski definition) is 0. The maximum atomic E-state index is 5.11. The number of aryl methyl sites for hydroxylation is 2. The minimum absolute atomic E-state index is 0.547. The summed E-state index contributed by atoms with van der Waals surface area (Å²) in [6.45, 7) is 6.31. The molecular weight excluding hydrogens is 284 g/mol. The first kappa shape index (κ1) is 14.6. The Morgan fingerprint density at radius 2 is 2.19 bits per heavy atom. The summed E-state index contributed by atoms with van der Waals surface area (Å²) in [5.41, 5.74) is 0.960. The summed E-state index contributed by atoms with van der Waals surface area (Å²) < 4.78 is 7.44. The van der Waals surface area contributed by atoms with Gasteiger partial charge in [0.25, 0.3) is 0 Å². The van der Waals surface area contributed by atoms with E-state index in [1.54, 1.807) is 11.8 Å². The lowest BCUT2D eigenvalue weighted by atomic mass is 9.87. The van der Waals surface area contributed by atoms with E-state index >= 15 is 0 Å². The van der Waals surface area contributed by atoms with E-state index in [4.69, 9.17) is 4.52 Å². The first-order valence-electron chi connectivity index (χ1n) is 7.60. The van der Waals surface area contributed by atoms with Crippen LogP contribution in [0.5, 0.6) is 0 Å². The van der Waals surface area contributed by atoms with Gasteiger partial charge in [0.05, 0.1) is 5.69 Å². The zero-order chi connectivity index (χ0) is 14.8. The normalized spacial score (nSPS) is 22.6. The number of hydrogen-bond acceptors (Lipinski definition) is 5. The molecule has 2 aromatic rings. The lowest BCUT2D eigenvalue weighted by molar-refractivity contribution is 0.268. The summed E-state index contributed by atoms with van der Waals surface area (Å²) in [5, 5.41) is 13.7. The van der Waals surface area contributed by atoms with E-state index in [2.05, 4.69) is 33.8 Å². The van der Waals surface area contributed by atoms with Crippen molar-refractivity contribution in [2.75, 3.05) is 0 Å². The van der Waals surface area contributed by atoms with Crippen LogP contribution in [0.15, 0.2) is 15.7 Å². The molecule has 0 amide bonds. The molecule has 21 heavy (non-hydrogen) atoms. The van der Waals surface area contributed by atoms with Crippen molar-refractivity contribution in [3.05, 3.63) is 23.3 Å². The number of nitrogens with zero attached hydrogens (tertiary/aromatic N) is 4. The SMILES string of the molecule is Cc1cc(CSc2nnc(C)n2[C@@H]2CCC[C@H](C)C2)no1. The molecule has 5 nitrogen and oxygen atoms in total. The molecule has 0 aliphatic heterocycles. The Labute approximate surface area is 129 Å². The van der Waals surface area contributed by atoms with E-state index in [-0.39, 0.29) is 0 Å². The zero-order valence-corrected chi connectivity index (χ0v) is 13.7. The standard InChI is InChI=1S/C15H22N4OS/c1-10-5-4-6-14(7-10)19-12(3)16-17-15(19)21-9-13-8-11(2)20-18-13/h8,10,14H,4-7,9H2,1-3H3/t10-,14+/m0/s1. The lowest BCUT2D eigenvalue weighted by Crippen LogP contribution is -2.19. The molecule has 0 radical (unpaired) electrons. The van der Waals surface area contributed by atoms with Crippen LogP contribution >= 0.6 is 11.8 Å².